The van der Waals surface area contributed by atoms with E-state index in [1.807, 2.05) is 81.7 Å². The van der Waals surface area contributed by atoms with Gasteiger partial charge in [0.1, 0.15) is 24.4 Å². The summed E-state index contributed by atoms with van der Waals surface area (Å²) in [5.41, 5.74) is 9.89. The smallest absolute Gasteiger partial charge is 0.409 e. The van der Waals surface area contributed by atoms with Crippen molar-refractivity contribution in [1.82, 2.24) is 25.4 Å². The van der Waals surface area contributed by atoms with Crippen molar-refractivity contribution in [3.63, 3.8) is 0 Å². The Morgan fingerprint density at radius 2 is 1.55 bits per heavy atom. The highest BCUT2D eigenvalue weighted by Gasteiger charge is 2.44. The number of aryl methyl sites for hydroxylation is 1. The topological polar surface area (TPSA) is 150 Å². The predicted molar refractivity (Wildman–Crippen MR) is 265 cm³/mol. The maximum atomic E-state index is 14.0. The number of thiazole rings is 1. The highest BCUT2D eigenvalue weighted by molar-refractivity contribution is 7.13. The zero-order valence-corrected chi connectivity index (χ0v) is 40.2. The highest BCUT2D eigenvalue weighted by Crippen LogP contribution is 2.35. The molecule has 5 aromatic rings. The summed E-state index contributed by atoms with van der Waals surface area (Å²) in [5.74, 6) is -0.479. The first kappa shape index (κ1) is 49.9. The van der Waals surface area contributed by atoms with Crippen LogP contribution in [0.4, 0.5) is 4.79 Å². The number of hydrogen-bond acceptors (Lipinski definition) is 9. The zero-order valence-electron chi connectivity index (χ0n) is 39.4. The Hall–Kier alpha value is -6.57. The van der Waals surface area contributed by atoms with E-state index in [-0.39, 0.29) is 51.0 Å². The molecule has 2 heterocycles. The van der Waals surface area contributed by atoms with E-state index in [0.29, 0.717) is 18.7 Å². The Kier molecular flexibility index (Phi) is 17.7. The summed E-state index contributed by atoms with van der Waals surface area (Å²) in [5, 5.41) is 16.4. The van der Waals surface area contributed by atoms with E-state index >= 15 is 0 Å². The van der Waals surface area contributed by atoms with Crippen molar-refractivity contribution < 1.29 is 33.8 Å². The van der Waals surface area contributed by atoms with E-state index in [1.165, 1.54) is 26.5 Å². The van der Waals surface area contributed by atoms with Crippen molar-refractivity contribution in [3.05, 3.63) is 155 Å². The quantitative estimate of drug-likeness (QED) is 0.0422. The normalized spacial score (nSPS) is 15.7. The van der Waals surface area contributed by atoms with Crippen LogP contribution in [0.3, 0.4) is 0 Å². The minimum atomic E-state index is -0.944. The monoisotopic (exact) mass is 925 g/mol. The molecule has 352 valence electrons. The van der Waals surface area contributed by atoms with E-state index in [0.717, 1.165) is 39.2 Å². The number of hydrogen-bond donors (Lipinski definition) is 3. The lowest BCUT2D eigenvalue weighted by molar-refractivity contribution is -0.144. The molecule has 1 aromatic heterocycles. The molecule has 0 saturated carbocycles. The van der Waals surface area contributed by atoms with Crippen molar-refractivity contribution >= 4 is 46.3 Å². The van der Waals surface area contributed by atoms with E-state index in [4.69, 9.17) is 9.47 Å². The van der Waals surface area contributed by atoms with Crippen LogP contribution in [-0.4, -0.2) is 95.2 Å². The molecular formula is C54H63N5O7S. The second kappa shape index (κ2) is 23.7. The Bertz CT molecular complexity index is 2480. The second-order valence-electron chi connectivity index (χ2n) is 17.8. The summed E-state index contributed by atoms with van der Waals surface area (Å²) in [7, 11) is 1.65. The highest BCUT2D eigenvalue weighted by atomic mass is 32.1. The average molecular weight is 926 g/mol. The second-order valence-corrected chi connectivity index (χ2v) is 18.6. The number of aromatic nitrogens is 1. The van der Waals surface area contributed by atoms with E-state index in [2.05, 4.69) is 83.2 Å². The largest absolute Gasteiger partial charge is 0.492 e. The molecule has 3 N–H and O–H groups in total. The molecule has 4 amide bonds. The fourth-order valence-corrected chi connectivity index (χ4v) is 8.84. The number of aliphatic hydroxyl groups is 1. The molecule has 67 heavy (non-hydrogen) atoms. The lowest BCUT2D eigenvalue weighted by Gasteiger charge is -2.35. The SMILES string of the molecule is CC/C(=C(\c1ccccc1)c1ccc(OCCN(C)C(=O)OCC/C=C/CC(=O)N[C@H](C(=O)N2C[C@H](O)C[C@H]2C(=O)NCc2ccc(-c3scnc3C)cc2)C(C)(C)C)cc1)c1ccccc1. The molecule has 4 aromatic carbocycles. The molecule has 0 radical (unpaired) electrons. The lowest BCUT2D eigenvalue weighted by Crippen LogP contribution is -2.57. The van der Waals surface area contributed by atoms with Gasteiger partial charge in [0.05, 0.1) is 35.3 Å². The molecule has 6 rings (SSSR count). The third kappa shape index (κ3) is 13.7. The van der Waals surface area contributed by atoms with Gasteiger partial charge < -0.3 is 35.0 Å². The van der Waals surface area contributed by atoms with Crippen LogP contribution < -0.4 is 15.4 Å². The van der Waals surface area contributed by atoms with Crippen LogP contribution in [0.15, 0.2) is 127 Å². The van der Waals surface area contributed by atoms with Crippen LogP contribution in [0.2, 0.25) is 0 Å². The van der Waals surface area contributed by atoms with Crippen LogP contribution in [0.25, 0.3) is 21.6 Å². The van der Waals surface area contributed by atoms with Crippen LogP contribution in [0.1, 0.15) is 81.3 Å². The Labute approximate surface area is 398 Å². The molecule has 0 unspecified atom stereocenters. The fraction of sp³-hybridized carbons (Fsp3) is 0.352. The number of carbonyl (C=O) groups excluding carboxylic acids is 4. The number of nitrogens with zero attached hydrogens (tertiary/aromatic N) is 3. The van der Waals surface area contributed by atoms with E-state index < -0.39 is 35.6 Å². The Morgan fingerprint density at radius 1 is 0.896 bits per heavy atom. The van der Waals surface area contributed by atoms with Gasteiger partial charge in [-0.15, -0.1) is 11.3 Å². The summed E-state index contributed by atoms with van der Waals surface area (Å²) in [6, 6.07) is 34.9. The van der Waals surface area contributed by atoms with Crippen molar-refractivity contribution in [1.29, 1.82) is 0 Å². The van der Waals surface area contributed by atoms with Crippen LogP contribution in [0, 0.1) is 12.3 Å². The third-order valence-corrected chi connectivity index (χ3v) is 12.7. The first-order valence-electron chi connectivity index (χ1n) is 22.9. The van der Waals surface area contributed by atoms with E-state index in [1.54, 1.807) is 30.5 Å². The molecule has 13 heteroatoms. The average Bonchev–Trinajstić information content (AvgIpc) is 3.95. The van der Waals surface area contributed by atoms with Crippen molar-refractivity contribution in [3.8, 4) is 16.2 Å². The predicted octanol–water partition coefficient (Wildman–Crippen LogP) is 9.08. The van der Waals surface area contributed by atoms with Gasteiger partial charge in [0.25, 0.3) is 0 Å². The Balaban J connectivity index is 0.920. The molecule has 1 aliphatic heterocycles. The van der Waals surface area contributed by atoms with Gasteiger partial charge in [0.2, 0.25) is 17.7 Å². The minimum Gasteiger partial charge on any atom is -0.492 e. The number of β-amino-alcohol motifs (C(OH)–C–C–N with tert-alkyl or cyclic N) is 1. The van der Waals surface area contributed by atoms with Crippen LogP contribution >= 0.6 is 11.3 Å². The van der Waals surface area contributed by atoms with E-state index in [9.17, 15) is 24.3 Å². The maximum absolute atomic E-state index is 14.0. The summed E-state index contributed by atoms with van der Waals surface area (Å²) < 4.78 is 11.4. The van der Waals surface area contributed by atoms with Crippen LogP contribution in [0.5, 0.6) is 5.75 Å². The number of aliphatic hydroxyl groups excluding tert-OH is 1. The van der Waals surface area contributed by atoms with Gasteiger partial charge >= 0.3 is 6.09 Å². The molecular weight excluding hydrogens is 863 g/mol. The van der Waals surface area contributed by atoms with Crippen molar-refractivity contribution in [2.45, 2.75) is 85.0 Å². The number of nitrogens with one attached hydrogen (secondary N) is 2. The summed E-state index contributed by atoms with van der Waals surface area (Å²) in [4.78, 5) is 61.5. The molecule has 12 nitrogen and oxygen atoms in total. The number of benzene rings is 4. The lowest BCUT2D eigenvalue weighted by atomic mass is 9.85. The number of carbonyl (C=O) groups is 4. The van der Waals surface area contributed by atoms with Gasteiger partial charge in [0.15, 0.2) is 0 Å². The summed E-state index contributed by atoms with van der Waals surface area (Å²) in [6.45, 7) is 10.6. The van der Waals surface area contributed by atoms with Gasteiger partial charge in [-0.3, -0.25) is 14.4 Å². The van der Waals surface area contributed by atoms with Gasteiger partial charge in [-0.25, -0.2) is 9.78 Å². The van der Waals surface area contributed by atoms with Gasteiger partial charge in [-0.2, -0.15) is 0 Å². The van der Waals surface area contributed by atoms with Gasteiger partial charge in [-0.05, 0) is 76.3 Å². The fourth-order valence-electron chi connectivity index (χ4n) is 8.03. The summed E-state index contributed by atoms with van der Waals surface area (Å²) >= 11 is 1.57. The molecule has 1 saturated heterocycles. The molecule has 0 bridgehead atoms. The molecule has 3 atom stereocenters. The first-order chi connectivity index (χ1) is 32.2. The number of ether oxygens (including phenoxy) is 2. The Morgan fingerprint density at radius 3 is 2.18 bits per heavy atom. The number of amides is 4. The standard InChI is InChI=1S/C54H63N5O7S/c1-7-45(39-17-11-8-12-18-39)48(40-19-13-9-14-20-40)41-26-28-44(29-27-41)65-32-30-58(6)53(64)66-31-16-10-15-21-47(61)57-50(54(3,4)5)52(63)59-35-43(60)33-46(59)51(62)55-34-38-22-24-42(25-23-38)49-37(2)56-36-67-49/h8-15,17-20,22-29,36,43,46,50,60H,7,16,21,30-35H2,1-6H3,(H,55,62)(H,57,61)/b15-10+,48-45-/t43-,46+,50-/m1/s1. The molecule has 0 spiro atoms. The van der Waals surface area contributed by atoms with Gasteiger partial charge in [-0.1, -0.05) is 137 Å². The molecule has 1 fully saturated rings. The third-order valence-electron chi connectivity index (χ3n) is 11.7. The number of allylic oxidation sites excluding steroid dienone is 1. The van der Waals surface area contributed by atoms with Crippen LogP contribution in [-0.2, 0) is 25.7 Å². The number of rotatable bonds is 19. The maximum Gasteiger partial charge on any atom is 0.409 e. The molecule has 0 aliphatic carbocycles. The van der Waals surface area contributed by atoms with Crippen molar-refractivity contribution in [2.75, 3.05) is 33.4 Å². The van der Waals surface area contributed by atoms with Crippen molar-refractivity contribution in [2.24, 2.45) is 5.41 Å². The zero-order chi connectivity index (χ0) is 47.9. The number of likely N-dealkylation sites (N-methyl/N-ethyl adjacent to an activating group) is 1. The minimum absolute atomic E-state index is 0.00340. The first-order valence-corrected chi connectivity index (χ1v) is 23.8. The van der Waals surface area contributed by atoms with Gasteiger partial charge in [0, 0.05) is 33.0 Å². The number of likely N-dealkylation sites (tertiary alicyclic amines) is 1. The molecule has 1 aliphatic rings. The summed E-state index contributed by atoms with van der Waals surface area (Å²) in [6.07, 6.45) is 3.41.